The maximum atomic E-state index is 12.5. The van der Waals surface area contributed by atoms with Gasteiger partial charge in [-0.25, -0.2) is 4.98 Å². The number of nitrogens with zero attached hydrogens (tertiary/aromatic N) is 1. The molecule has 0 aliphatic heterocycles. The number of carbonyl (C=O) groups excluding carboxylic acids is 1. The molecule has 0 fully saturated rings. The number of hydrogen-bond acceptors (Lipinski definition) is 4. The normalized spacial score (nSPS) is 10.3. The number of benzene rings is 3. The summed E-state index contributed by atoms with van der Waals surface area (Å²) < 4.78 is 0. The number of rotatable bonds is 7. The molecule has 0 aliphatic carbocycles. The molecule has 1 heterocycles. The summed E-state index contributed by atoms with van der Waals surface area (Å²) in [6.45, 7) is 0.220. The number of Topliss-reactive ketones (excluding diaryl/α,β-unsaturated/α-hetero) is 1. The first-order valence-corrected chi connectivity index (χ1v) is 9.49. The fourth-order valence-corrected chi connectivity index (χ4v) is 3.01. The van der Waals surface area contributed by atoms with Crippen molar-refractivity contribution in [3.8, 4) is 11.1 Å². The summed E-state index contributed by atoms with van der Waals surface area (Å²) in [5.41, 5.74) is 4.71. The van der Waals surface area contributed by atoms with Crippen molar-refractivity contribution in [2.45, 2.75) is 0 Å². The number of carbonyl (C=O) groups is 1. The fraction of sp³-hybridized carbons (Fsp3) is 0.0400. The minimum Gasteiger partial charge on any atom is -0.376 e. The Hall–Kier alpha value is -3.92. The maximum absolute atomic E-state index is 12.5. The summed E-state index contributed by atoms with van der Waals surface area (Å²) in [4.78, 5) is 16.9. The zero-order valence-corrected chi connectivity index (χ0v) is 15.9. The predicted octanol–water partition coefficient (Wildman–Crippen LogP) is 5.79. The molecule has 0 saturated heterocycles. The van der Waals surface area contributed by atoms with Gasteiger partial charge in [0.25, 0.3) is 0 Å². The fourth-order valence-electron chi connectivity index (χ4n) is 3.01. The van der Waals surface area contributed by atoms with Crippen LogP contribution in [0.1, 0.15) is 10.4 Å². The molecule has 0 bridgehead atoms. The highest BCUT2D eigenvalue weighted by molar-refractivity contribution is 5.99. The second-order valence-electron chi connectivity index (χ2n) is 6.64. The van der Waals surface area contributed by atoms with Crippen molar-refractivity contribution in [1.82, 2.24) is 4.98 Å². The van der Waals surface area contributed by atoms with Gasteiger partial charge in [0.15, 0.2) is 5.78 Å². The number of aromatic nitrogens is 1. The lowest BCUT2D eigenvalue weighted by Gasteiger charge is -2.09. The van der Waals surface area contributed by atoms with Crippen LogP contribution in [0, 0.1) is 0 Å². The first-order chi connectivity index (χ1) is 14.3. The molecule has 1 aromatic heterocycles. The van der Waals surface area contributed by atoms with Gasteiger partial charge in [0, 0.05) is 11.3 Å². The Morgan fingerprint density at radius 1 is 0.690 bits per heavy atom. The Balaban J connectivity index is 1.33. The van der Waals surface area contributed by atoms with Crippen LogP contribution in [0.15, 0.2) is 103 Å². The number of nitrogens with one attached hydrogen (secondary N) is 2. The molecule has 0 aliphatic rings. The minimum absolute atomic E-state index is 0.0381. The Morgan fingerprint density at radius 2 is 1.34 bits per heavy atom. The molecule has 0 saturated carbocycles. The number of ketones is 1. The third-order valence-corrected chi connectivity index (χ3v) is 4.58. The third kappa shape index (κ3) is 4.87. The number of hydrogen-bond donors (Lipinski definition) is 2. The van der Waals surface area contributed by atoms with Crippen molar-refractivity contribution < 1.29 is 4.79 Å². The summed E-state index contributed by atoms with van der Waals surface area (Å²) in [5.74, 6) is 0.792. The highest BCUT2D eigenvalue weighted by atomic mass is 16.1. The van der Waals surface area contributed by atoms with Gasteiger partial charge >= 0.3 is 0 Å². The molecule has 0 atom stereocenters. The monoisotopic (exact) mass is 379 g/mol. The average molecular weight is 379 g/mol. The van der Waals surface area contributed by atoms with Crippen LogP contribution in [0.4, 0.5) is 17.2 Å². The van der Waals surface area contributed by atoms with E-state index in [0.29, 0.717) is 5.56 Å². The molecule has 3 aromatic carbocycles. The number of anilines is 3. The second kappa shape index (κ2) is 8.85. The minimum atomic E-state index is 0.0381. The van der Waals surface area contributed by atoms with Crippen molar-refractivity contribution in [3.63, 3.8) is 0 Å². The average Bonchev–Trinajstić information content (AvgIpc) is 2.80. The highest BCUT2D eigenvalue weighted by Crippen LogP contribution is 2.20. The van der Waals surface area contributed by atoms with E-state index in [1.54, 1.807) is 6.20 Å². The molecular weight excluding hydrogens is 358 g/mol. The Labute approximate surface area is 170 Å². The van der Waals surface area contributed by atoms with Crippen LogP contribution in [0.3, 0.4) is 0 Å². The molecule has 0 spiro atoms. The van der Waals surface area contributed by atoms with Gasteiger partial charge in [-0.2, -0.15) is 0 Å². The third-order valence-electron chi connectivity index (χ3n) is 4.58. The predicted molar refractivity (Wildman–Crippen MR) is 119 cm³/mol. The van der Waals surface area contributed by atoms with Gasteiger partial charge in [-0.3, -0.25) is 4.79 Å². The van der Waals surface area contributed by atoms with E-state index in [1.807, 2.05) is 84.9 Å². The van der Waals surface area contributed by atoms with Crippen molar-refractivity contribution in [2.75, 3.05) is 17.2 Å². The van der Waals surface area contributed by atoms with Gasteiger partial charge in [0.2, 0.25) is 0 Å². The van der Waals surface area contributed by atoms with Crippen LogP contribution < -0.4 is 10.6 Å². The molecule has 4 heteroatoms. The topological polar surface area (TPSA) is 54.0 Å². The number of pyridine rings is 1. The zero-order chi connectivity index (χ0) is 19.9. The molecule has 142 valence electrons. The van der Waals surface area contributed by atoms with E-state index < -0.39 is 0 Å². The van der Waals surface area contributed by atoms with Crippen LogP contribution in [-0.4, -0.2) is 17.3 Å². The molecule has 2 N–H and O–H groups in total. The lowest BCUT2D eigenvalue weighted by atomic mass is 10.0. The van der Waals surface area contributed by atoms with Gasteiger partial charge in [-0.15, -0.1) is 0 Å². The van der Waals surface area contributed by atoms with E-state index in [9.17, 15) is 4.79 Å². The highest BCUT2D eigenvalue weighted by Gasteiger charge is 2.07. The van der Waals surface area contributed by atoms with Crippen LogP contribution in [-0.2, 0) is 0 Å². The zero-order valence-electron chi connectivity index (χ0n) is 15.9. The molecule has 0 unspecified atom stereocenters. The Bertz CT molecular complexity index is 1060. The SMILES string of the molecule is O=C(CNc1ccc(Nc2ccccc2)nc1)c1ccc(-c2ccccc2)cc1. The van der Waals surface area contributed by atoms with Gasteiger partial charge in [-0.05, 0) is 35.4 Å². The van der Waals surface area contributed by atoms with Crippen LogP contribution in [0.25, 0.3) is 11.1 Å². The summed E-state index contributed by atoms with van der Waals surface area (Å²) in [6, 6.07) is 31.5. The van der Waals surface area contributed by atoms with Crippen molar-refractivity contribution in [3.05, 3.63) is 109 Å². The molecule has 4 aromatic rings. The molecule has 0 radical (unpaired) electrons. The van der Waals surface area contributed by atoms with Gasteiger partial charge in [0.1, 0.15) is 5.82 Å². The van der Waals surface area contributed by atoms with Crippen molar-refractivity contribution in [1.29, 1.82) is 0 Å². The Morgan fingerprint density at radius 3 is 2.00 bits per heavy atom. The maximum Gasteiger partial charge on any atom is 0.181 e. The van der Waals surface area contributed by atoms with E-state index in [-0.39, 0.29) is 12.3 Å². The molecule has 4 nitrogen and oxygen atoms in total. The summed E-state index contributed by atoms with van der Waals surface area (Å²) >= 11 is 0. The van der Waals surface area contributed by atoms with Crippen LogP contribution >= 0.6 is 0 Å². The standard InChI is InChI=1S/C25H21N3O/c29-24(21-13-11-20(12-14-21)19-7-3-1-4-8-19)18-26-23-15-16-25(27-17-23)28-22-9-5-2-6-10-22/h1-17,26H,18H2,(H,27,28). The summed E-state index contributed by atoms with van der Waals surface area (Å²) in [7, 11) is 0. The first kappa shape index (κ1) is 18.4. The molecular formula is C25H21N3O. The van der Waals surface area contributed by atoms with Crippen molar-refractivity contribution in [2.24, 2.45) is 0 Å². The van der Waals surface area contributed by atoms with E-state index in [0.717, 1.165) is 28.3 Å². The van der Waals surface area contributed by atoms with Gasteiger partial charge < -0.3 is 10.6 Å². The largest absolute Gasteiger partial charge is 0.376 e. The van der Waals surface area contributed by atoms with E-state index in [4.69, 9.17) is 0 Å². The lowest BCUT2D eigenvalue weighted by molar-refractivity contribution is 0.101. The summed E-state index contributed by atoms with van der Waals surface area (Å²) in [5, 5.41) is 6.38. The smallest absolute Gasteiger partial charge is 0.181 e. The van der Waals surface area contributed by atoms with Crippen LogP contribution in [0.2, 0.25) is 0 Å². The first-order valence-electron chi connectivity index (χ1n) is 9.49. The quantitative estimate of drug-likeness (QED) is 0.399. The molecule has 0 amide bonds. The molecule has 29 heavy (non-hydrogen) atoms. The summed E-state index contributed by atoms with van der Waals surface area (Å²) in [6.07, 6.45) is 1.72. The number of para-hydroxylation sites is 1. The lowest BCUT2D eigenvalue weighted by Crippen LogP contribution is -2.14. The van der Waals surface area contributed by atoms with Gasteiger partial charge in [-0.1, -0.05) is 72.8 Å². The van der Waals surface area contributed by atoms with Crippen LogP contribution in [0.5, 0.6) is 0 Å². The van der Waals surface area contributed by atoms with Crippen molar-refractivity contribution >= 4 is 23.0 Å². The molecule has 4 rings (SSSR count). The van der Waals surface area contributed by atoms with E-state index in [2.05, 4.69) is 27.8 Å². The Kier molecular flexibility index (Phi) is 5.63. The van der Waals surface area contributed by atoms with E-state index in [1.165, 1.54) is 0 Å². The van der Waals surface area contributed by atoms with E-state index >= 15 is 0 Å². The van der Waals surface area contributed by atoms with Gasteiger partial charge in [0.05, 0.1) is 18.4 Å². The second-order valence-corrected chi connectivity index (χ2v) is 6.64.